The van der Waals surface area contributed by atoms with Crippen LogP contribution in [0.1, 0.15) is 47.2 Å². The minimum absolute atomic E-state index is 0.0112. The Kier molecular flexibility index (Phi) is 6.82. The van der Waals surface area contributed by atoms with Crippen molar-refractivity contribution in [2.24, 2.45) is 5.92 Å². The molecule has 2 amide bonds. The number of piperidine rings is 1. The van der Waals surface area contributed by atoms with E-state index in [1.54, 1.807) is 4.90 Å². The fourth-order valence-electron chi connectivity index (χ4n) is 3.90. The van der Waals surface area contributed by atoms with E-state index in [4.69, 9.17) is 0 Å². The maximum Gasteiger partial charge on any atom is 0.416 e. The van der Waals surface area contributed by atoms with Crippen molar-refractivity contribution < 1.29 is 35.9 Å². The van der Waals surface area contributed by atoms with Crippen molar-refractivity contribution in [2.75, 3.05) is 26.2 Å². The van der Waals surface area contributed by atoms with Crippen LogP contribution in [0.4, 0.5) is 26.3 Å². The number of rotatable bonds is 4. The molecule has 31 heavy (non-hydrogen) atoms. The van der Waals surface area contributed by atoms with Crippen LogP contribution in [0.25, 0.3) is 0 Å². The minimum atomic E-state index is -5.01. The van der Waals surface area contributed by atoms with Crippen LogP contribution in [0.15, 0.2) is 18.2 Å². The van der Waals surface area contributed by atoms with Crippen LogP contribution in [-0.2, 0) is 17.1 Å². The third-order valence-corrected chi connectivity index (χ3v) is 5.69. The Bertz CT molecular complexity index is 778. The molecule has 0 bridgehead atoms. The zero-order chi connectivity index (χ0) is 22.8. The highest BCUT2D eigenvalue weighted by atomic mass is 19.4. The van der Waals surface area contributed by atoms with Gasteiger partial charge in [-0.15, -0.1) is 0 Å². The topological polar surface area (TPSA) is 61.4 Å². The summed E-state index contributed by atoms with van der Waals surface area (Å²) in [5.74, 6) is -0.966. The quantitative estimate of drug-likeness (QED) is 0.690. The molecule has 2 aliphatic heterocycles. The average Bonchev–Trinajstić information content (AvgIpc) is 3.25. The number of nitrogens with zero attached hydrogens (tertiary/aromatic N) is 1. The van der Waals surface area contributed by atoms with E-state index in [1.807, 2.05) is 0 Å². The molecule has 0 spiro atoms. The van der Waals surface area contributed by atoms with Gasteiger partial charge in [0, 0.05) is 25.2 Å². The first-order valence-electron chi connectivity index (χ1n) is 10.0. The van der Waals surface area contributed by atoms with Crippen LogP contribution in [0.3, 0.4) is 0 Å². The molecule has 0 aliphatic carbocycles. The Morgan fingerprint density at radius 3 is 2.03 bits per heavy atom. The number of nitrogens with one attached hydrogen (secondary N) is 2. The van der Waals surface area contributed by atoms with Gasteiger partial charge in [-0.1, -0.05) is 0 Å². The smallest absolute Gasteiger partial charge is 0.352 e. The predicted molar refractivity (Wildman–Crippen MR) is 99.1 cm³/mol. The van der Waals surface area contributed by atoms with Gasteiger partial charge >= 0.3 is 12.4 Å². The molecular formula is C20H23F6N3O2. The van der Waals surface area contributed by atoms with Gasteiger partial charge in [-0.25, -0.2) is 0 Å². The zero-order valence-corrected chi connectivity index (χ0v) is 16.6. The van der Waals surface area contributed by atoms with E-state index in [1.165, 1.54) is 0 Å². The molecule has 0 aromatic heterocycles. The summed E-state index contributed by atoms with van der Waals surface area (Å²) in [6.07, 6.45) is -7.09. The molecule has 2 saturated heterocycles. The van der Waals surface area contributed by atoms with Gasteiger partial charge in [-0.05, 0) is 56.3 Å². The molecule has 0 radical (unpaired) electrons. The molecule has 2 fully saturated rings. The van der Waals surface area contributed by atoms with Crippen molar-refractivity contribution in [3.8, 4) is 0 Å². The maximum atomic E-state index is 13.0. The lowest BCUT2D eigenvalue weighted by Crippen LogP contribution is -2.48. The summed E-state index contributed by atoms with van der Waals surface area (Å²) >= 11 is 0. The van der Waals surface area contributed by atoms with Gasteiger partial charge in [-0.2, -0.15) is 26.3 Å². The van der Waals surface area contributed by atoms with Gasteiger partial charge in [0.2, 0.25) is 5.91 Å². The zero-order valence-electron chi connectivity index (χ0n) is 16.6. The number of likely N-dealkylation sites (tertiary alicyclic amines) is 1. The standard InChI is InChI=1S/C20H23F6N3O2/c21-19(22,23)14-8-13(9-15(10-14)20(24,25)26)17(30)28-11-12-3-6-29(7-4-12)18(31)16-2-1-5-27-16/h8-10,12,16,27H,1-7,11H2,(H,28,30). The molecule has 1 aromatic rings. The second-order valence-corrected chi connectivity index (χ2v) is 7.92. The normalized spacial score (nSPS) is 20.7. The number of carbonyl (C=O) groups is 2. The molecule has 2 N–H and O–H groups in total. The fourth-order valence-corrected chi connectivity index (χ4v) is 3.90. The van der Waals surface area contributed by atoms with Gasteiger partial charge in [0.1, 0.15) is 0 Å². The van der Waals surface area contributed by atoms with Crippen LogP contribution in [0.5, 0.6) is 0 Å². The molecule has 2 heterocycles. The minimum Gasteiger partial charge on any atom is -0.352 e. The van der Waals surface area contributed by atoms with Gasteiger partial charge in [0.25, 0.3) is 5.91 Å². The van der Waals surface area contributed by atoms with E-state index in [0.717, 1.165) is 19.4 Å². The highest BCUT2D eigenvalue weighted by Gasteiger charge is 2.37. The third kappa shape index (κ3) is 5.90. The average molecular weight is 451 g/mol. The third-order valence-electron chi connectivity index (χ3n) is 5.69. The molecule has 3 rings (SSSR count). The van der Waals surface area contributed by atoms with E-state index in [9.17, 15) is 35.9 Å². The van der Waals surface area contributed by atoms with Crippen molar-refractivity contribution in [1.82, 2.24) is 15.5 Å². The number of amides is 2. The summed E-state index contributed by atoms with van der Waals surface area (Å²) in [6.45, 7) is 1.92. The van der Waals surface area contributed by atoms with Gasteiger partial charge in [-0.3, -0.25) is 9.59 Å². The molecule has 2 aliphatic rings. The van der Waals surface area contributed by atoms with Crippen molar-refractivity contribution in [3.63, 3.8) is 0 Å². The number of benzene rings is 1. The highest BCUT2D eigenvalue weighted by Crippen LogP contribution is 2.36. The largest absolute Gasteiger partial charge is 0.416 e. The second-order valence-electron chi connectivity index (χ2n) is 7.92. The first-order valence-corrected chi connectivity index (χ1v) is 10.0. The monoisotopic (exact) mass is 451 g/mol. The van der Waals surface area contributed by atoms with E-state index in [2.05, 4.69) is 10.6 Å². The fraction of sp³-hybridized carbons (Fsp3) is 0.600. The van der Waals surface area contributed by atoms with Crippen LogP contribution >= 0.6 is 0 Å². The highest BCUT2D eigenvalue weighted by molar-refractivity contribution is 5.94. The van der Waals surface area contributed by atoms with Crippen molar-refractivity contribution >= 4 is 11.8 Å². The predicted octanol–water partition coefficient (Wildman–Crippen LogP) is 3.44. The number of carbonyl (C=O) groups excluding carboxylic acids is 2. The van der Waals surface area contributed by atoms with Gasteiger partial charge in [0.15, 0.2) is 0 Å². The summed E-state index contributed by atoms with van der Waals surface area (Å²) in [6, 6.07) is 0.656. The number of halogens is 6. The Morgan fingerprint density at radius 1 is 0.968 bits per heavy atom. The Hall–Kier alpha value is -2.30. The van der Waals surface area contributed by atoms with E-state index >= 15 is 0 Å². The summed E-state index contributed by atoms with van der Waals surface area (Å²) in [4.78, 5) is 26.4. The molecule has 1 atom stereocenters. The van der Waals surface area contributed by atoms with Crippen LogP contribution in [0, 0.1) is 5.92 Å². The molecule has 172 valence electrons. The summed E-state index contributed by atoms with van der Waals surface area (Å²) in [5.41, 5.74) is -3.75. The Balaban J connectivity index is 1.58. The lowest BCUT2D eigenvalue weighted by Gasteiger charge is -2.33. The number of hydrogen-bond acceptors (Lipinski definition) is 3. The second kappa shape index (κ2) is 9.05. The Labute approximate surface area is 175 Å². The molecule has 1 aromatic carbocycles. The molecule has 1 unspecified atom stereocenters. The molecule has 11 heteroatoms. The van der Waals surface area contributed by atoms with Crippen molar-refractivity contribution in [1.29, 1.82) is 0 Å². The molecular weight excluding hydrogens is 428 g/mol. The van der Waals surface area contributed by atoms with Crippen LogP contribution < -0.4 is 10.6 Å². The van der Waals surface area contributed by atoms with Crippen molar-refractivity contribution in [3.05, 3.63) is 34.9 Å². The van der Waals surface area contributed by atoms with Gasteiger partial charge < -0.3 is 15.5 Å². The van der Waals surface area contributed by atoms with Crippen molar-refractivity contribution in [2.45, 2.75) is 44.1 Å². The molecule has 5 nitrogen and oxygen atoms in total. The number of alkyl halides is 6. The van der Waals surface area contributed by atoms with E-state index < -0.39 is 35.0 Å². The van der Waals surface area contributed by atoms with Crippen LogP contribution in [0.2, 0.25) is 0 Å². The first-order chi connectivity index (χ1) is 14.4. The lowest BCUT2D eigenvalue weighted by atomic mass is 9.96. The van der Waals surface area contributed by atoms with Crippen LogP contribution in [-0.4, -0.2) is 48.9 Å². The Morgan fingerprint density at radius 2 is 1.55 bits per heavy atom. The summed E-state index contributed by atoms with van der Waals surface area (Å²) in [5, 5.41) is 5.58. The lowest BCUT2D eigenvalue weighted by molar-refractivity contribution is -0.143. The number of hydrogen-bond donors (Lipinski definition) is 2. The maximum absolute atomic E-state index is 13.0. The summed E-state index contributed by atoms with van der Waals surface area (Å²) < 4.78 is 77.7. The van der Waals surface area contributed by atoms with Gasteiger partial charge in [0.05, 0.1) is 17.2 Å². The summed E-state index contributed by atoms with van der Waals surface area (Å²) in [7, 11) is 0. The SMILES string of the molecule is O=C(NCC1CCN(C(=O)C2CCCN2)CC1)c1cc(C(F)(F)F)cc(C(F)(F)F)c1. The van der Waals surface area contributed by atoms with E-state index in [0.29, 0.717) is 38.1 Å². The molecule has 0 saturated carbocycles. The first kappa shape index (κ1) is 23.4. The van der Waals surface area contributed by atoms with E-state index in [-0.39, 0.29) is 30.5 Å².